The highest BCUT2D eigenvalue weighted by molar-refractivity contribution is 7.13. The predicted octanol–water partition coefficient (Wildman–Crippen LogP) is 4.74. The molecule has 0 aliphatic rings. The number of amides is 2. The number of urea groups is 1. The topological polar surface area (TPSA) is 81.7 Å². The van der Waals surface area contributed by atoms with E-state index in [0.717, 1.165) is 0 Å². The van der Waals surface area contributed by atoms with E-state index in [4.69, 9.17) is 14.2 Å². The molecule has 0 bridgehead atoms. The van der Waals surface area contributed by atoms with E-state index in [-0.39, 0.29) is 11.4 Å². The number of aromatic nitrogens is 1. The van der Waals surface area contributed by atoms with Crippen molar-refractivity contribution in [2.75, 3.05) is 24.9 Å². The summed E-state index contributed by atoms with van der Waals surface area (Å²) >= 11 is 1.24. The maximum absolute atomic E-state index is 14.3. The number of carbonyl (C=O) groups is 1. The third-order valence-corrected chi connectivity index (χ3v) is 4.14. The van der Waals surface area contributed by atoms with Crippen LogP contribution >= 0.6 is 11.3 Å². The Morgan fingerprint density at radius 3 is 2.48 bits per heavy atom. The largest absolute Gasteiger partial charge is 0.493 e. The molecule has 0 spiro atoms. The SMILES string of the molecule is COc1cccc(Oc2cccc(F)c2NC(=O)Nc2nccs2)c1OC. The highest BCUT2D eigenvalue weighted by atomic mass is 32.1. The van der Waals surface area contributed by atoms with Crippen molar-refractivity contribution in [3.63, 3.8) is 0 Å². The van der Waals surface area contributed by atoms with Crippen LogP contribution in [0.15, 0.2) is 48.0 Å². The third-order valence-electron chi connectivity index (χ3n) is 3.45. The van der Waals surface area contributed by atoms with Gasteiger partial charge in [0.2, 0.25) is 5.75 Å². The summed E-state index contributed by atoms with van der Waals surface area (Å²) in [6, 6.07) is 8.64. The Labute approximate surface area is 158 Å². The second-order valence-corrected chi connectivity index (χ2v) is 6.02. The van der Waals surface area contributed by atoms with Gasteiger partial charge in [0.1, 0.15) is 5.69 Å². The van der Waals surface area contributed by atoms with E-state index in [9.17, 15) is 9.18 Å². The van der Waals surface area contributed by atoms with Gasteiger partial charge in [0.05, 0.1) is 14.2 Å². The molecule has 3 aromatic rings. The Balaban J connectivity index is 1.87. The molecule has 0 fully saturated rings. The van der Waals surface area contributed by atoms with Gasteiger partial charge in [-0.15, -0.1) is 11.3 Å². The van der Waals surface area contributed by atoms with Crippen molar-refractivity contribution in [3.05, 3.63) is 53.8 Å². The number of thiazole rings is 1. The van der Waals surface area contributed by atoms with Crippen molar-refractivity contribution in [2.24, 2.45) is 0 Å². The molecule has 2 N–H and O–H groups in total. The number of methoxy groups -OCH3 is 2. The molecule has 0 radical (unpaired) electrons. The average Bonchev–Trinajstić information content (AvgIpc) is 3.17. The van der Waals surface area contributed by atoms with Crippen LogP contribution < -0.4 is 24.8 Å². The predicted molar refractivity (Wildman–Crippen MR) is 101 cm³/mol. The van der Waals surface area contributed by atoms with Crippen LogP contribution in [0.1, 0.15) is 0 Å². The van der Waals surface area contributed by atoms with E-state index >= 15 is 0 Å². The van der Waals surface area contributed by atoms with Crippen molar-refractivity contribution in [1.29, 1.82) is 0 Å². The van der Waals surface area contributed by atoms with E-state index in [0.29, 0.717) is 22.4 Å². The first-order chi connectivity index (χ1) is 13.1. The van der Waals surface area contributed by atoms with Gasteiger partial charge in [0, 0.05) is 11.6 Å². The van der Waals surface area contributed by atoms with Gasteiger partial charge in [-0.1, -0.05) is 12.1 Å². The van der Waals surface area contributed by atoms with Crippen LogP contribution in [-0.2, 0) is 0 Å². The highest BCUT2D eigenvalue weighted by Crippen LogP contribution is 2.41. The van der Waals surface area contributed by atoms with Gasteiger partial charge < -0.3 is 19.5 Å². The van der Waals surface area contributed by atoms with E-state index in [1.807, 2.05) is 0 Å². The molecule has 27 heavy (non-hydrogen) atoms. The number of hydrogen-bond donors (Lipinski definition) is 2. The normalized spacial score (nSPS) is 10.2. The number of ether oxygens (including phenoxy) is 3. The molecular formula is C18H16FN3O4S. The molecule has 7 nitrogen and oxygen atoms in total. The summed E-state index contributed by atoms with van der Waals surface area (Å²) in [6.07, 6.45) is 1.55. The van der Waals surface area contributed by atoms with Crippen LogP contribution in [0.25, 0.3) is 0 Å². The van der Waals surface area contributed by atoms with Gasteiger partial charge in [0.15, 0.2) is 28.2 Å². The first-order valence-electron chi connectivity index (χ1n) is 7.77. The number of rotatable bonds is 6. The van der Waals surface area contributed by atoms with Crippen molar-refractivity contribution in [2.45, 2.75) is 0 Å². The van der Waals surface area contributed by atoms with Gasteiger partial charge in [-0.05, 0) is 24.3 Å². The summed E-state index contributed by atoms with van der Waals surface area (Å²) < 4.78 is 30.7. The minimum Gasteiger partial charge on any atom is -0.493 e. The molecule has 2 amide bonds. The molecule has 1 aromatic heterocycles. The maximum atomic E-state index is 14.3. The fraction of sp³-hybridized carbons (Fsp3) is 0.111. The minimum atomic E-state index is -0.649. The zero-order chi connectivity index (χ0) is 19.2. The zero-order valence-electron chi connectivity index (χ0n) is 14.5. The second kappa shape index (κ2) is 8.37. The number of carbonyl (C=O) groups excluding carboxylic acids is 1. The van der Waals surface area contributed by atoms with Crippen LogP contribution in [0.2, 0.25) is 0 Å². The lowest BCUT2D eigenvalue weighted by Crippen LogP contribution is -2.20. The smallest absolute Gasteiger partial charge is 0.325 e. The number of anilines is 2. The minimum absolute atomic E-state index is 0.107. The van der Waals surface area contributed by atoms with Crippen molar-refractivity contribution in [3.8, 4) is 23.0 Å². The van der Waals surface area contributed by atoms with Crippen molar-refractivity contribution < 1.29 is 23.4 Å². The number of halogens is 1. The fourth-order valence-corrected chi connectivity index (χ4v) is 2.82. The number of hydrogen-bond acceptors (Lipinski definition) is 6. The lowest BCUT2D eigenvalue weighted by molar-refractivity contribution is 0.262. The van der Waals surface area contributed by atoms with Gasteiger partial charge in [-0.25, -0.2) is 14.2 Å². The first kappa shape index (κ1) is 18.5. The molecule has 3 rings (SSSR count). The molecule has 9 heteroatoms. The Hall–Kier alpha value is -3.33. The molecule has 140 valence electrons. The van der Waals surface area contributed by atoms with E-state index in [1.54, 1.807) is 29.8 Å². The molecule has 0 unspecified atom stereocenters. The lowest BCUT2D eigenvalue weighted by atomic mass is 10.2. The summed E-state index contributed by atoms with van der Waals surface area (Å²) in [6.45, 7) is 0. The molecule has 0 saturated carbocycles. The second-order valence-electron chi connectivity index (χ2n) is 5.12. The van der Waals surface area contributed by atoms with Gasteiger partial charge >= 0.3 is 6.03 Å². The Kier molecular flexibility index (Phi) is 5.72. The van der Waals surface area contributed by atoms with Gasteiger partial charge in [0.25, 0.3) is 0 Å². The molecule has 0 saturated heterocycles. The van der Waals surface area contributed by atoms with Crippen LogP contribution in [-0.4, -0.2) is 25.2 Å². The zero-order valence-corrected chi connectivity index (χ0v) is 15.3. The molecule has 2 aromatic carbocycles. The molecule has 0 aliphatic carbocycles. The first-order valence-corrected chi connectivity index (χ1v) is 8.65. The standard InChI is InChI=1S/C18H16FN3O4S/c1-24-13-7-4-8-14(16(13)25-2)26-12-6-3-5-11(19)15(12)21-17(23)22-18-20-9-10-27-18/h3-10H,1-2H3,(H2,20,21,22,23). The van der Waals surface area contributed by atoms with Gasteiger partial charge in [-0.3, -0.25) is 5.32 Å². The maximum Gasteiger partial charge on any atom is 0.325 e. The monoisotopic (exact) mass is 389 g/mol. The van der Waals surface area contributed by atoms with Gasteiger partial charge in [-0.2, -0.15) is 0 Å². The Morgan fingerprint density at radius 2 is 1.78 bits per heavy atom. The van der Waals surface area contributed by atoms with Crippen LogP contribution in [0.5, 0.6) is 23.0 Å². The summed E-state index contributed by atoms with van der Waals surface area (Å²) in [5.41, 5.74) is -0.114. The summed E-state index contributed by atoms with van der Waals surface area (Å²) in [5.74, 6) is 0.579. The number of nitrogens with zero attached hydrogens (tertiary/aromatic N) is 1. The van der Waals surface area contributed by atoms with Crippen LogP contribution in [0.3, 0.4) is 0 Å². The number of para-hydroxylation sites is 2. The van der Waals surface area contributed by atoms with E-state index in [1.165, 1.54) is 43.8 Å². The number of nitrogens with one attached hydrogen (secondary N) is 2. The summed E-state index contributed by atoms with van der Waals surface area (Å²) in [7, 11) is 2.97. The van der Waals surface area contributed by atoms with Crippen LogP contribution in [0, 0.1) is 5.82 Å². The van der Waals surface area contributed by atoms with E-state index < -0.39 is 11.8 Å². The lowest BCUT2D eigenvalue weighted by Gasteiger charge is -2.16. The Morgan fingerprint density at radius 1 is 1.04 bits per heavy atom. The summed E-state index contributed by atoms with van der Waals surface area (Å²) in [5, 5.41) is 7.07. The Bertz CT molecular complexity index is 934. The molecule has 0 atom stereocenters. The average molecular weight is 389 g/mol. The molecular weight excluding hydrogens is 373 g/mol. The highest BCUT2D eigenvalue weighted by Gasteiger charge is 2.17. The molecule has 1 heterocycles. The van der Waals surface area contributed by atoms with Crippen molar-refractivity contribution >= 4 is 28.2 Å². The number of benzene rings is 2. The summed E-state index contributed by atoms with van der Waals surface area (Å²) in [4.78, 5) is 16.1. The van der Waals surface area contributed by atoms with Crippen molar-refractivity contribution in [1.82, 2.24) is 4.98 Å². The van der Waals surface area contributed by atoms with Crippen LogP contribution in [0.4, 0.5) is 20.0 Å². The molecule has 0 aliphatic heterocycles. The quantitative estimate of drug-likeness (QED) is 0.637. The van der Waals surface area contributed by atoms with E-state index in [2.05, 4.69) is 15.6 Å². The fourth-order valence-electron chi connectivity index (χ4n) is 2.29. The third kappa shape index (κ3) is 4.26.